The maximum Gasteiger partial charge on any atom is 0.280 e. The summed E-state index contributed by atoms with van der Waals surface area (Å²) in [5.41, 5.74) is 2.64. The molecule has 1 N–H and O–H groups in total. The van der Waals surface area contributed by atoms with Crippen molar-refractivity contribution >= 4 is 5.69 Å². The summed E-state index contributed by atoms with van der Waals surface area (Å²) in [7, 11) is 0. The van der Waals surface area contributed by atoms with Crippen LogP contribution in [0.2, 0.25) is 0 Å². The van der Waals surface area contributed by atoms with Crippen LogP contribution in [-0.2, 0) is 6.42 Å². The molecule has 0 aliphatic heterocycles. The molecule has 0 aliphatic carbocycles. The molecule has 0 fully saturated rings. The first kappa shape index (κ1) is 13.1. The quantitative estimate of drug-likeness (QED) is 0.586. The molecule has 0 amide bonds. The Kier molecular flexibility index (Phi) is 3.47. The third kappa shape index (κ3) is 2.81. The molecule has 3 aromatic rings. The van der Waals surface area contributed by atoms with E-state index in [4.69, 9.17) is 0 Å². The van der Waals surface area contributed by atoms with E-state index in [0.717, 1.165) is 11.3 Å². The average molecular weight is 279 g/mol. The normalized spacial score (nSPS) is 10.5. The van der Waals surface area contributed by atoms with E-state index in [1.54, 1.807) is 24.4 Å². The molecule has 1 aromatic heterocycles. The second-order valence-electron chi connectivity index (χ2n) is 4.69. The first-order valence-electron chi connectivity index (χ1n) is 6.55. The van der Waals surface area contributed by atoms with Crippen molar-refractivity contribution in [2.75, 3.05) is 0 Å². The Morgan fingerprint density at radius 3 is 2.52 bits per heavy atom. The molecule has 0 bridgehead atoms. The maximum absolute atomic E-state index is 11.1. The van der Waals surface area contributed by atoms with Gasteiger partial charge in [0.05, 0.1) is 10.5 Å². The Morgan fingerprint density at radius 1 is 1.05 bits per heavy atom. The number of nitro groups is 1. The predicted octanol–water partition coefficient (Wildman–Crippen LogP) is 3.58. The number of aromatic nitrogens is 2. The van der Waals surface area contributed by atoms with E-state index in [-0.39, 0.29) is 5.69 Å². The van der Waals surface area contributed by atoms with Gasteiger partial charge in [-0.3, -0.25) is 10.1 Å². The molecule has 104 valence electrons. The second-order valence-corrected chi connectivity index (χ2v) is 4.69. The van der Waals surface area contributed by atoms with Crippen LogP contribution in [0, 0.1) is 10.1 Å². The molecule has 1 heterocycles. The summed E-state index contributed by atoms with van der Waals surface area (Å²) in [5, 5.41) is 11.1. The van der Waals surface area contributed by atoms with Crippen molar-refractivity contribution in [1.82, 2.24) is 9.97 Å². The third-order valence-corrected chi connectivity index (χ3v) is 3.22. The lowest BCUT2D eigenvalue weighted by atomic mass is 10.1. The van der Waals surface area contributed by atoms with Gasteiger partial charge in [0.15, 0.2) is 0 Å². The Bertz CT molecular complexity index is 766. The zero-order valence-electron chi connectivity index (χ0n) is 11.2. The van der Waals surface area contributed by atoms with E-state index in [2.05, 4.69) is 9.97 Å². The first-order chi connectivity index (χ1) is 10.2. The zero-order chi connectivity index (χ0) is 14.7. The second kappa shape index (κ2) is 5.58. The lowest BCUT2D eigenvalue weighted by molar-refractivity contribution is -0.384. The van der Waals surface area contributed by atoms with Crippen LogP contribution in [0.15, 0.2) is 60.8 Å². The predicted molar refractivity (Wildman–Crippen MR) is 79.9 cm³/mol. The average Bonchev–Trinajstić information content (AvgIpc) is 2.96. The minimum atomic E-state index is -0.394. The van der Waals surface area contributed by atoms with Crippen LogP contribution in [0.25, 0.3) is 11.4 Å². The molecule has 0 aliphatic rings. The molecule has 5 nitrogen and oxygen atoms in total. The van der Waals surface area contributed by atoms with Gasteiger partial charge < -0.3 is 4.98 Å². The van der Waals surface area contributed by atoms with Crippen molar-refractivity contribution in [3.8, 4) is 11.4 Å². The van der Waals surface area contributed by atoms with Crippen LogP contribution in [-0.4, -0.2) is 14.9 Å². The highest BCUT2D eigenvalue weighted by atomic mass is 16.6. The number of benzene rings is 2. The number of hydrogen-bond donors (Lipinski definition) is 1. The highest BCUT2D eigenvalue weighted by molar-refractivity contribution is 5.67. The molecule has 5 heteroatoms. The van der Waals surface area contributed by atoms with Gasteiger partial charge in [0.2, 0.25) is 0 Å². The summed E-state index contributed by atoms with van der Waals surface area (Å²) in [6.07, 6.45) is 2.44. The summed E-state index contributed by atoms with van der Waals surface area (Å²) in [5.74, 6) is 0.522. The van der Waals surface area contributed by atoms with Gasteiger partial charge in [0.1, 0.15) is 5.82 Å². The third-order valence-electron chi connectivity index (χ3n) is 3.22. The Morgan fingerprint density at radius 2 is 1.76 bits per heavy atom. The summed E-state index contributed by atoms with van der Waals surface area (Å²) in [6.45, 7) is 0. The molecular weight excluding hydrogens is 266 g/mol. The van der Waals surface area contributed by atoms with Crippen molar-refractivity contribution < 1.29 is 4.92 Å². The van der Waals surface area contributed by atoms with Gasteiger partial charge in [-0.05, 0) is 11.6 Å². The number of nitrogens with zero attached hydrogens (tertiary/aromatic N) is 2. The topological polar surface area (TPSA) is 71.8 Å². The summed E-state index contributed by atoms with van der Waals surface area (Å²) in [6, 6.07) is 16.6. The van der Waals surface area contributed by atoms with E-state index < -0.39 is 4.92 Å². The van der Waals surface area contributed by atoms with Crippen LogP contribution < -0.4 is 0 Å². The molecule has 0 unspecified atom stereocenters. The number of rotatable bonds is 4. The molecule has 0 saturated carbocycles. The summed E-state index contributed by atoms with van der Waals surface area (Å²) in [4.78, 5) is 18.1. The van der Waals surface area contributed by atoms with Gasteiger partial charge in [-0.25, -0.2) is 4.98 Å². The van der Waals surface area contributed by atoms with Crippen LogP contribution in [0.1, 0.15) is 11.3 Å². The minimum absolute atomic E-state index is 0.0538. The van der Waals surface area contributed by atoms with Crippen LogP contribution in [0.5, 0.6) is 0 Å². The fourth-order valence-corrected chi connectivity index (χ4v) is 2.23. The fourth-order valence-electron chi connectivity index (χ4n) is 2.23. The number of hydrogen-bond acceptors (Lipinski definition) is 3. The van der Waals surface area contributed by atoms with E-state index in [9.17, 15) is 10.1 Å². The minimum Gasteiger partial charge on any atom is -0.341 e. The van der Waals surface area contributed by atoms with Crippen molar-refractivity contribution in [3.63, 3.8) is 0 Å². The van der Waals surface area contributed by atoms with Gasteiger partial charge in [-0.1, -0.05) is 42.5 Å². The lowest BCUT2D eigenvalue weighted by Crippen LogP contribution is -1.93. The van der Waals surface area contributed by atoms with E-state index in [1.807, 2.05) is 30.3 Å². The molecule has 0 radical (unpaired) electrons. The van der Waals surface area contributed by atoms with Crippen LogP contribution >= 0.6 is 0 Å². The molecule has 0 spiro atoms. The van der Waals surface area contributed by atoms with Crippen molar-refractivity contribution in [1.29, 1.82) is 0 Å². The van der Waals surface area contributed by atoms with E-state index >= 15 is 0 Å². The van der Waals surface area contributed by atoms with Crippen molar-refractivity contribution in [2.45, 2.75) is 6.42 Å². The standard InChI is InChI=1S/C16H13N3O2/c20-19(21)15-9-5-4-8-14(15)16-17-11-13(18-16)10-12-6-2-1-3-7-12/h1-9,11H,10H2,(H,17,18). The number of nitrogens with one attached hydrogen (secondary N) is 1. The SMILES string of the molecule is O=[N+]([O-])c1ccccc1-c1ncc(Cc2ccccc2)[nH]1. The summed E-state index contributed by atoms with van der Waals surface area (Å²) < 4.78 is 0. The number of imidazole rings is 1. The van der Waals surface area contributed by atoms with Crippen molar-refractivity contribution in [2.24, 2.45) is 0 Å². The smallest absolute Gasteiger partial charge is 0.280 e. The Labute approximate surface area is 121 Å². The van der Waals surface area contributed by atoms with Gasteiger partial charge in [0.25, 0.3) is 5.69 Å². The number of para-hydroxylation sites is 1. The largest absolute Gasteiger partial charge is 0.341 e. The Balaban J connectivity index is 1.90. The fraction of sp³-hybridized carbons (Fsp3) is 0.0625. The van der Waals surface area contributed by atoms with Gasteiger partial charge in [-0.15, -0.1) is 0 Å². The maximum atomic E-state index is 11.1. The monoisotopic (exact) mass is 279 g/mol. The van der Waals surface area contributed by atoms with Crippen LogP contribution in [0.3, 0.4) is 0 Å². The van der Waals surface area contributed by atoms with Crippen LogP contribution in [0.4, 0.5) is 5.69 Å². The molecule has 0 atom stereocenters. The van der Waals surface area contributed by atoms with Crippen molar-refractivity contribution in [3.05, 3.63) is 82.2 Å². The molecule has 21 heavy (non-hydrogen) atoms. The Hall–Kier alpha value is -2.95. The number of aromatic amines is 1. The van der Waals surface area contributed by atoms with Gasteiger partial charge in [-0.2, -0.15) is 0 Å². The van der Waals surface area contributed by atoms with E-state index in [0.29, 0.717) is 17.8 Å². The molecule has 0 saturated heterocycles. The number of nitro benzene ring substituents is 1. The lowest BCUT2D eigenvalue weighted by Gasteiger charge is -2.00. The highest BCUT2D eigenvalue weighted by Gasteiger charge is 2.16. The first-order valence-corrected chi connectivity index (χ1v) is 6.55. The van der Waals surface area contributed by atoms with Gasteiger partial charge in [0, 0.05) is 24.4 Å². The molecular formula is C16H13N3O2. The zero-order valence-corrected chi connectivity index (χ0v) is 11.2. The molecule has 2 aromatic carbocycles. The molecule has 3 rings (SSSR count). The number of H-pyrrole nitrogens is 1. The summed E-state index contributed by atoms with van der Waals surface area (Å²) >= 11 is 0. The van der Waals surface area contributed by atoms with E-state index in [1.165, 1.54) is 6.07 Å². The van der Waals surface area contributed by atoms with Gasteiger partial charge >= 0.3 is 0 Å². The highest BCUT2D eigenvalue weighted by Crippen LogP contribution is 2.27.